The molecule has 2 rings (SSSR count). The Morgan fingerprint density at radius 2 is 1.90 bits per heavy atom. The van der Waals surface area contributed by atoms with Crippen molar-refractivity contribution < 1.29 is 8.78 Å². The molecule has 0 saturated carbocycles. The van der Waals surface area contributed by atoms with Gasteiger partial charge in [0.1, 0.15) is 11.6 Å². The highest BCUT2D eigenvalue weighted by molar-refractivity contribution is 5.21. The molecule has 0 amide bonds. The molecule has 2 nitrogen and oxygen atoms in total. The summed E-state index contributed by atoms with van der Waals surface area (Å²) in [5, 5.41) is 3.33. The van der Waals surface area contributed by atoms with Crippen molar-refractivity contribution in [1.82, 2.24) is 10.3 Å². The van der Waals surface area contributed by atoms with E-state index in [-0.39, 0.29) is 23.7 Å². The first kappa shape index (κ1) is 14.6. The standard InChI is InChI=1S/C16H18F2N2/c1-3-15(16-9-8-12(17)10-19-16)20-11(2)13-6-4-5-7-14(13)18/h4-11,15,20H,3H2,1-2H3/t11-,15?/m1/s1. The van der Waals surface area contributed by atoms with Gasteiger partial charge in [0.05, 0.1) is 11.9 Å². The molecule has 2 aromatic rings. The fourth-order valence-electron chi connectivity index (χ4n) is 2.22. The van der Waals surface area contributed by atoms with E-state index < -0.39 is 0 Å². The zero-order valence-corrected chi connectivity index (χ0v) is 11.6. The molecule has 1 unspecified atom stereocenters. The zero-order chi connectivity index (χ0) is 14.5. The average Bonchev–Trinajstić information content (AvgIpc) is 2.46. The highest BCUT2D eigenvalue weighted by atomic mass is 19.1. The lowest BCUT2D eigenvalue weighted by atomic mass is 10.0. The first-order valence-electron chi connectivity index (χ1n) is 6.73. The van der Waals surface area contributed by atoms with Gasteiger partial charge in [-0.2, -0.15) is 0 Å². The Kier molecular flexibility index (Phi) is 4.79. The molecule has 1 aromatic heterocycles. The van der Waals surface area contributed by atoms with Crippen molar-refractivity contribution in [2.45, 2.75) is 32.4 Å². The summed E-state index contributed by atoms with van der Waals surface area (Å²) < 4.78 is 26.6. The van der Waals surface area contributed by atoms with Crippen LogP contribution in [-0.2, 0) is 0 Å². The molecule has 0 bridgehead atoms. The van der Waals surface area contributed by atoms with Gasteiger partial charge in [0.2, 0.25) is 0 Å². The molecule has 0 fully saturated rings. The van der Waals surface area contributed by atoms with Crippen LogP contribution in [0.3, 0.4) is 0 Å². The van der Waals surface area contributed by atoms with E-state index in [2.05, 4.69) is 10.3 Å². The Bertz CT molecular complexity index is 555. The first-order valence-corrected chi connectivity index (χ1v) is 6.73. The van der Waals surface area contributed by atoms with E-state index in [0.717, 1.165) is 12.1 Å². The summed E-state index contributed by atoms with van der Waals surface area (Å²) in [6, 6.07) is 9.56. The van der Waals surface area contributed by atoms with Gasteiger partial charge in [-0.1, -0.05) is 25.1 Å². The number of aromatic nitrogens is 1. The fraction of sp³-hybridized carbons (Fsp3) is 0.312. The highest BCUT2D eigenvalue weighted by Gasteiger charge is 2.17. The minimum atomic E-state index is -0.356. The molecule has 20 heavy (non-hydrogen) atoms. The summed E-state index contributed by atoms with van der Waals surface area (Å²) in [6.45, 7) is 3.92. The molecular formula is C16H18F2N2. The van der Waals surface area contributed by atoms with Crippen molar-refractivity contribution in [2.75, 3.05) is 0 Å². The van der Waals surface area contributed by atoms with E-state index >= 15 is 0 Å². The summed E-state index contributed by atoms with van der Waals surface area (Å²) in [4.78, 5) is 4.09. The predicted molar refractivity (Wildman–Crippen MR) is 75.2 cm³/mol. The van der Waals surface area contributed by atoms with Gasteiger partial charge in [0.25, 0.3) is 0 Å². The molecule has 0 aliphatic carbocycles. The van der Waals surface area contributed by atoms with E-state index in [1.54, 1.807) is 18.2 Å². The fourth-order valence-corrected chi connectivity index (χ4v) is 2.22. The van der Waals surface area contributed by atoms with Crippen molar-refractivity contribution in [1.29, 1.82) is 0 Å². The largest absolute Gasteiger partial charge is 0.302 e. The molecule has 1 heterocycles. The minimum Gasteiger partial charge on any atom is -0.302 e. The van der Waals surface area contributed by atoms with Crippen LogP contribution in [0.1, 0.15) is 43.6 Å². The smallest absolute Gasteiger partial charge is 0.141 e. The molecular weight excluding hydrogens is 258 g/mol. The van der Waals surface area contributed by atoms with E-state index in [1.807, 2.05) is 19.9 Å². The van der Waals surface area contributed by atoms with Crippen LogP contribution in [0.5, 0.6) is 0 Å². The summed E-state index contributed by atoms with van der Waals surface area (Å²) in [7, 11) is 0. The van der Waals surface area contributed by atoms with Crippen molar-refractivity contribution >= 4 is 0 Å². The number of pyridine rings is 1. The van der Waals surface area contributed by atoms with Gasteiger partial charge in [-0.05, 0) is 31.5 Å². The number of hydrogen-bond acceptors (Lipinski definition) is 2. The number of rotatable bonds is 5. The number of nitrogens with one attached hydrogen (secondary N) is 1. The van der Waals surface area contributed by atoms with Crippen molar-refractivity contribution in [2.24, 2.45) is 0 Å². The molecule has 106 valence electrons. The maximum Gasteiger partial charge on any atom is 0.141 e. The van der Waals surface area contributed by atoms with Gasteiger partial charge in [-0.15, -0.1) is 0 Å². The Labute approximate surface area is 117 Å². The van der Waals surface area contributed by atoms with Gasteiger partial charge >= 0.3 is 0 Å². The second-order valence-electron chi connectivity index (χ2n) is 4.77. The molecule has 0 saturated heterocycles. The van der Waals surface area contributed by atoms with Crippen LogP contribution in [0.4, 0.5) is 8.78 Å². The lowest BCUT2D eigenvalue weighted by molar-refractivity contribution is 0.434. The maximum atomic E-state index is 13.7. The minimum absolute atomic E-state index is 0.0368. The van der Waals surface area contributed by atoms with Crippen LogP contribution in [-0.4, -0.2) is 4.98 Å². The van der Waals surface area contributed by atoms with Crippen LogP contribution in [0, 0.1) is 11.6 Å². The van der Waals surface area contributed by atoms with Crippen LogP contribution in [0.15, 0.2) is 42.6 Å². The topological polar surface area (TPSA) is 24.9 Å². The van der Waals surface area contributed by atoms with E-state index in [4.69, 9.17) is 0 Å². The van der Waals surface area contributed by atoms with Gasteiger partial charge in [-0.25, -0.2) is 8.78 Å². The lowest BCUT2D eigenvalue weighted by Crippen LogP contribution is -2.25. The van der Waals surface area contributed by atoms with Crippen LogP contribution < -0.4 is 5.32 Å². The molecule has 4 heteroatoms. The molecule has 1 aromatic carbocycles. The average molecular weight is 276 g/mol. The lowest BCUT2D eigenvalue weighted by Gasteiger charge is -2.22. The normalized spacial score (nSPS) is 14.0. The van der Waals surface area contributed by atoms with Crippen molar-refractivity contribution in [3.63, 3.8) is 0 Å². The maximum absolute atomic E-state index is 13.7. The first-order chi connectivity index (χ1) is 9.61. The molecule has 0 radical (unpaired) electrons. The summed E-state index contributed by atoms with van der Waals surface area (Å²) in [5.41, 5.74) is 1.38. The van der Waals surface area contributed by atoms with E-state index in [9.17, 15) is 8.78 Å². The van der Waals surface area contributed by atoms with Gasteiger partial charge in [0, 0.05) is 17.6 Å². The summed E-state index contributed by atoms with van der Waals surface area (Å²) in [6.07, 6.45) is 1.99. The molecule has 0 spiro atoms. The SMILES string of the molecule is CCC(N[C@H](C)c1ccccc1F)c1ccc(F)cn1. The summed E-state index contributed by atoms with van der Waals surface area (Å²) in [5.74, 6) is -0.583. The Morgan fingerprint density at radius 1 is 1.15 bits per heavy atom. The molecule has 0 aliphatic rings. The molecule has 2 atom stereocenters. The number of benzene rings is 1. The third kappa shape index (κ3) is 3.39. The second-order valence-corrected chi connectivity index (χ2v) is 4.77. The molecule has 1 N–H and O–H groups in total. The van der Waals surface area contributed by atoms with E-state index in [0.29, 0.717) is 5.56 Å². The monoisotopic (exact) mass is 276 g/mol. The van der Waals surface area contributed by atoms with Gasteiger partial charge < -0.3 is 5.32 Å². The van der Waals surface area contributed by atoms with Crippen LogP contribution in [0.2, 0.25) is 0 Å². The Morgan fingerprint density at radius 3 is 2.50 bits per heavy atom. The quantitative estimate of drug-likeness (QED) is 0.887. The van der Waals surface area contributed by atoms with Crippen molar-refractivity contribution in [3.05, 3.63) is 65.5 Å². The Balaban J connectivity index is 2.14. The Hall–Kier alpha value is -1.81. The zero-order valence-electron chi connectivity index (χ0n) is 11.6. The second kappa shape index (κ2) is 6.57. The predicted octanol–water partition coefficient (Wildman–Crippen LogP) is 4.16. The number of hydrogen-bond donors (Lipinski definition) is 1. The van der Waals surface area contributed by atoms with E-state index in [1.165, 1.54) is 18.3 Å². The molecule has 0 aliphatic heterocycles. The number of halogens is 2. The number of nitrogens with zero attached hydrogens (tertiary/aromatic N) is 1. The third-order valence-corrected chi connectivity index (χ3v) is 3.34. The van der Waals surface area contributed by atoms with Gasteiger partial charge in [-0.3, -0.25) is 4.98 Å². The van der Waals surface area contributed by atoms with Crippen LogP contribution in [0.25, 0.3) is 0 Å². The van der Waals surface area contributed by atoms with Crippen molar-refractivity contribution in [3.8, 4) is 0 Å². The van der Waals surface area contributed by atoms with Gasteiger partial charge in [0.15, 0.2) is 0 Å². The van der Waals surface area contributed by atoms with Crippen LogP contribution >= 0.6 is 0 Å². The summed E-state index contributed by atoms with van der Waals surface area (Å²) >= 11 is 0. The highest BCUT2D eigenvalue weighted by Crippen LogP contribution is 2.22. The third-order valence-electron chi connectivity index (χ3n) is 3.34.